The Morgan fingerprint density at radius 3 is 2.73 bits per heavy atom. The van der Waals surface area contributed by atoms with Crippen LogP contribution >= 0.6 is 23.3 Å². The second kappa shape index (κ2) is 3.74. The number of anilines is 1. The van der Waals surface area contributed by atoms with E-state index in [0.717, 1.165) is 16.6 Å². The molecular weight excluding hydrogens is 240 g/mol. The van der Waals surface area contributed by atoms with Gasteiger partial charge >= 0.3 is 0 Å². The van der Waals surface area contributed by atoms with Gasteiger partial charge in [-0.15, -0.1) is 0 Å². The molecule has 1 saturated heterocycles. The molecule has 2 amide bonds. The van der Waals surface area contributed by atoms with Gasteiger partial charge in [0.2, 0.25) is 5.91 Å². The van der Waals surface area contributed by atoms with E-state index in [1.807, 2.05) is 0 Å². The zero-order valence-corrected chi connectivity index (χ0v) is 9.30. The van der Waals surface area contributed by atoms with Crippen LogP contribution in [-0.2, 0) is 9.59 Å². The lowest BCUT2D eigenvalue weighted by Crippen LogP contribution is -2.31. The average molecular weight is 247 g/mol. The van der Waals surface area contributed by atoms with Crippen LogP contribution in [0.4, 0.5) is 5.82 Å². The molecule has 1 aromatic rings. The van der Waals surface area contributed by atoms with Crippen molar-refractivity contribution >= 4 is 41.0 Å². The maximum atomic E-state index is 11.5. The Balaban J connectivity index is 2.12. The third kappa shape index (κ3) is 1.80. The third-order valence-electron chi connectivity index (χ3n) is 2.14. The highest BCUT2D eigenvalue weighted by molar-refractivity contribution is 6.99. The molecule has 1 fully saturated rings. The number of likely N-dealkylation sites (N-methyl/N-ethyl adjacent to an activating group) is 1. The molecule has 2 heterocycles. The minimum atomic E-state index is -0.580. The Labute approximate surface area is 94.5 Å². The van der Waals surface area contributed by atoms with E-state index in [2.05, 4.69) is 14.1 Å². The molecule has 15 heavy (non-hydrogen) atoms. The van der Waals surface area contributed by atoms with Crippen LogP contribution in [0.2, 0.25) is 5.15 Å². The highest BCUT2D eigenvalue weighted by Crippen LogP contribution is 2.22. The molecule has 6 nitrogen and oxygen atoms in total. The van der Waals surface area contributed by atoms with Gasteiger partial charge in [-0.3, -0.25) is 14.5 Å². The normalized spacial score (nSPS) is 21.2. The Hall–Kier alpha value is -1.21. The third-order valence-corrected chi connectivity index (χ3v) is 3.03. The van der Waals surface area contributed by atoms with Crippen LogP contribution < -0.4 is 5.32 Å². The van der Waals surface area contributed by atoms with E-state index in [4.69, 9.17) is 11.6 Å². The van der Waals surface area contributed by atoms with Crippen molar-refractivity contribution in [1.82, 2.24) is 13.6 Å². The minimum Gasteiger partial charge on any atom is -0.354 e. The van der Waals surface area contributed by atoms with E-state index in [1.54, 1.807) is 0 Å². The summed E-state index contributed by atoms with van der Waals surface area (Å²) in [4.78, 5) is 23.8. The fourth-order valence-corrected chi connectivity index (χ4v) is 1.96. The van der Waals surface area contributed by atoms with Gasteiger partial charge in [0.25, 0.3) is 5.91 Å². The molecule has 1 aliphatic heterocycles. The molecule has 2 rings (SSSR count). The molecule has 0 aromatic carbocycles. The Kier molecular flexibility index (Phi) is 2.57. The molecule has 8 heteroatoms. The summed E-state index contributed by atoms with van der Waals surface area (Å²) in [5.41, 5.74) is 0. The van der Waals surface area contributed by atoms with Crippen molar-refractivity contribution < 1.29 is 9.59 Å². The van der Waals surface area contributed by atoms with Crippen LogP contribution in [-0.4, -0.2) is 38.6 Å². The van der Waals surface area contributed by atoms with Crippen molar-refractivity contribution in [3.8, 4) is 0 Å². The van der Waals surface area contributed by atoms with E-state index in [-0.39, 0.29) is 23.4 Å². The first-order chi connectivity index (χ1) is 7.09. The van der Waals surface area contributed by atoms with Gasteiger partial charge in [0.15, 0.2) is 11.0 Å². The number of halogens is 1. The molecule has 0 radical (unpaired) electrons. The Morgan fingerprint density at radius 1 is 1.53 bits per heavy atom. The van der Waals surface area contributed by atoms with Crippen molar-refractivity contribution in [2.45, 2.75) is 12.5 Å². The van der Waals surface area contributed by atoms with Crippen molar-refractivity contribution in [2.75, 3.05) is 12.4 Å². The summed E-state index contributed by atoms with van der Waals surface area (Å²) in [5.74, 6) is -0.135. The smallest absolute Gasteiger partial charge is 0.251 e. The van der Waals surface area contributed by atoms with E-state index in [1.165, 1.54) is 7.05 Å². The van der Waals surface area contributed by atoms with Crippen LogP contribution in [0.15, 0.2) is 0 Å². The Morgan fingerprint density at radius 2 is 2.27 bits per heavy atom. The second-order valence-corrected chi connectivity index (χ2v) is 3.98. The fraction of sp³-hybridized carbons (Fsp3) is 0.429. The van der Waals surface area contributed by atoms with Crippen molar-refractivity contribution in [3.63, 3.8) is 0 Å². The molecule has 1 atom stereocenters. The van der Waals surface area contributed by atoms with E-state index in [9.17, 15) is 9.59 Å². The molecule has 1 unspecified atom stereocenters. The summed E-state index contributed by atoms with van der Waals surface area (Å²) >= 11 is 6.65. The van der Waals surface area contributed by atoms with Gasteiger partial charge in [-0.2, -0.15) is 8.75 Å². The number of nitrogens with zero attached hydrogens (tertiary/aromatic N) is 3. The molecule has 1 aliphatic rings. The van der Waals surface area contributed by atoms with Gasteiger partial charge in [-0.25, -0.2) is 0 Å². The highest BCUT2D eigenvalue weighted by Gasteiger charge is 2.36. The minimum absolute atomic E-state index is 0.128. The number of aromatic nitrogens is 2. The van der Waals surface area contributed by atoms with E-state index < -0.39 is 6.04 Å². The monoisotopic (exact) mass is 246 g/mol. The predicted octanol–water partition coefficient (Wildman–Crippen LogP) is 0.361. The standard InChI is InChI=1S/C7H7ClN4O2S/c1-12-4(13)2-3(7(12)14)9-6-5(8)10-15-11-6/h3H,2H2,1H3,(H,9,11). The first-order valence-electron chi connectivity index (χ1n) is 4.14. The molecule has 80 valence electrons. The molecule has 1 N–H and O–H groups in total. The number of likely N-dealkylation sites (tertiary alicyclic amines) is 1. The second-order valence-electron chi connectivity index (χ2n) is 3.10. The summed E-state index contributed by atoms with van der Waals surface area (Å²) in [7, 11) is 1.45. The number of nitrogens with one attached hydrogen (secondary N) is 1. The quantitative estimate of drug-likeness (QED) is 0.763. The summed E-state index contributed by atoms with van der Waals surface area (Å²) in [6, 6.07) is -0.580. The molecule has 0 bridgehead atoms. The first kappa shape index (κ1) is 10.3. The van der Waals surface area contributed by atoms with Crippen molar-refractivity contribution in [1.29, 1.82) is 0 Å². The molecule has 0 spiro atoms. The summed E-state index contributed by atoms with van der Waals surface area (Å²) in [5, 5.41) is 3.01. The highest BCUT2D eigenvalue weighted by atomic mass is 35.5. The van der Waals surface area contributed by atoms with Gasteiger partial charge in [-0.05, 0) is 0 Å². The van der Waals surface area contributed by atoms with Gasteiger partial charge in [0.1, 0.15) is 6.04 Å². The fourth-order valence-electron chi connectivity index (χ4n) is 1.30. The van der Waals surface area contributed by atoms with Crippen LogP contribution in [0.1, 0.15) is 6.42 Å². The predicted molar refractivity (Wildman–Crippen MR) is 54.7 cm³/mol. The SMILES string of the molecule is CN1C(=O)CC(Nc2nsnc2Cl)C1=O. The first-order valence-corrected chi connectivity index (χ1v) is 5.25. The van der Waals surface area contributed by atoms with Gasteiger partial charge in [0.05, 0.1) is 18.1 Å². The lowest BCUT2D eigenvalue weighted by Gasteiger charge is -2.09. The maximum Gasteiger partial charge on any atom is 0.251 e. The molecule has 0 aliphatic carbocycles. The van der Waals surface area contributed by atoms with Crippen molar-refractivity contribution in [3.05, 3.63) is 5.15 Å². The lowest BCUT2D eigenvalue weighted by molar-refractivity contribution is -0.136. The molecular formula is C7H7ClN4O2S. The number of hydrogen-bond acceptors (Lipinski definition) is 6. The van der Waals surface area contributed by atoms with Crippen molar-refractivity contribution in [2.24, 2.45) is 0 Å². The topological polar surface area (TPSA) is 75.2 Å². The zero-order valence-electron chi connectivity index (χ0n) is 7.73. The lowest BCUT2D eigenvalue weighted by atomic mass is 10.2. The van der Waals surface area contributed by atoms with Gasteiger partial charge < -0.3 is 5.32 Å². The maximum absolute atomic E-state index is 11.5. The number of carbonyl (C=O) groups excluding carboxylic acids is 2. The molecule has 1 aromatic heterocycles. The average Bonchev–Trinajstić information content (AvgIpc) is 2.69. The zero-order chi connectivity index (χ0) is 11.0. The van der Waals surface area contributed by atoms with Gasteiger partial charge in [-0.1, -0.05) is 11.6 Å². The van der Waals surface area contributed by atoms with Crippen LogP contribution in [0.5, 0.6) is 0 Å². The van der Waals surface area contributed by atoms with E-state index >= 15 is 0 Å². The van der Waals surface area contributed by atoms with Crippen LogP contribution in [0.3, 0.4) is 0 Å². The summed E-state index contributed by atoms with van der Waals surface area (Å²) in [6.07, 6.45) is 0.128. The van der Waals surface area contributed by atoms with Crippen LogP contribution in [0, 0.1) is 0 Å². The van der Waals surface area contributed by atoms with Crippen LogP contribution in [0.25, 0.3) is 0 Å². The summed E-state index contributed by atoms with van der Waals surface area (Å²) < 4.78 is 7.61. The number of amides is 2. The molecule has 0 saturated carbocycles. The number of carbonyl (C=O) groups is 2. The summed E-state index contributed by atoms with van der Waals surface area (Å²) in [6.45, 7) is 0. The number of imide groups is 1. The Bertz CT molecular complexity index is 421. The number of hydrogen-bond donors (Lipinski definition) is 1. The van der Waals surface area contributed by atoms with E-state index in [0.29, 0.717) is 5.82 Å². The number of rotatable bonds is 2. The largest absolute Gasteiger partial charge is 0.354 e. The van der Waals surface area contributed by atoms with Gasteiger partial charge in [0, 0.05) is 7.05 Å².